The summed E-state index contributed by atoms with van der Waals surface area (Å²) in [6.45, 7) is 4.26. The largest absolute Gasteiger partial charge is 0.239 e. The predicted octanol–water partition coefficient (Wildman–Crippen LogP) is 9.40. The number of rotatable bonds is 8. The normalized spacial score (nSPS) is 22.8. The molecule has 2 aliphatic rings. The van der Waals surface area contributed by atoms with Crippen molar-refractivity contribution in [1.29, 1.82) is 0 Å². The van der Waals surface area contributed by atoms with Gasteiger partial charge < -0.3 is 0 Å². The average molecular weight is 492 g/mol. The zero-order valence-electron chi connectivity index (χ0n) is 20.8. The van der Waals surface area contributed by atoms with Gasteiger partial charge in [-0.1, -0.05) is 87.6 Å². The van der Waals surface area contributed by atoms with Gasteiger partial charge >= 0.3 is 0 Å². The van der Waals surface area contributed by atoms with Gasteiger partial charge in [0.1, 0.15) is 5.83 Å². The number of aryl methyl sites for hydroxylation is 1. The Labute approximate surface area is 214 Å². The Kier molecular flexibility index (Phi) is 8.46. The second-order valence-corrected chi connectivity index (χ2v) is 10.1. The Morgan fingerprint density at radius 3 is 2.46 bits per heavy atom. The number of nitrogens with zero attached hydrogens (tertiary/aromatic N) is 1. The number of benzene rings is 2. The topological polar surface area (TPSA) is 12.4 Å². The van der Waals surface area contributed by atoms with Crippen molar-refractivity contribution in [3.05, 3.63) is 82.7 Å². The van der Waals surface area contributed by atoms with E-state index in [0.717, 1.165) is 68.1 Å². The highest BCUT2D eigenvalue weighted by Crippen LogP contribution is 2.51. The van der Waals surface area contributed by atoms with Gasteiger partial charge in [0.05, 0.1) is 5.16 Å². The smallest absolute Gasteiger partial charge is 0.182 e. The molecule has 0 saturated heterocycles. The number of thiocarbonyl (C=S) groups is 1. The monoisotopic (exact) mass is 491 g/mol. The maximum absolute atomic E-state index is 16.7. The Morgan fingerprint density at radius 2 is 1.77 bits per heavy atom. The van der Waals surface area contributed by atoms with Crippen LogP contribution >= 0.6 is 12.2 Å². The van der Waals surface area contributed by atoms with Crippen LogP contribution in [0.4, 0.5) is 8.78 Å². The van der Waals surface area contributed by atoms with Crippen LogP contribution in [0, 0.1) is 12.8 Å². The molecule has 0 bridgehead atoms. The van der Waals surface area contributed by atoms with Crippen molar-refractivity contribution in [2.75, 3.05) is 0 Å². The molecule has 4 heteroatoms. The molecule has 0 aliphatic heterocycles. The molecule has 0 amide bonds. The summed E-state index contributed by atoms with van der Waals surface area (Å²) >= 11 is 5.00. The van der Waals surface area contributed by atoms with Crippen LogP contribution in [0.15, 0.2) is 71.0 Å². The Hall–Kier alpha value is -2.42. The molecule has 1 nitrogen and oxygen atoms in total. The van der Waals surface area contributed by atoms with Crippen LogP contribution in [0.5, 0.6) is 0 Å². The number of allylic oxidation sites excluding steroid dienone is 2. The molecule has 0 unspecified atom stereocenters. The van der Waals surface area contributed by atoms with Crippen LogP contribution in [0.1, 0.15) is 75.0 Å². The maximum Gasteiger partial charge on any atom is 0.182 e. The van der Waals surface area contributed by atoms with Gasteiger partial charge in [0, 0.05) is 0 Å². The molecule has 2 aliphatic carbocycles. The first kappa shape index (κ1) is 25.7. The summed E-state index contributed by atoms with van der Waals surface area (Å²) < 4.78 is 32.7. The lowest BCUT2D eigenvalue weighted by Crippen LogP contribution is -2.41. The van der Waals surface area contributed by atoms with E-state index in [-0.39, 0.29) is 5.92 Å². The van der Waals surface area contributed by atoms with Crippen LogP contribution in [0.25, 0.3) is 11.1 Å². The zero-order chi connectivity index (χ0) is 24.8. The molecule has 184 valence electrons. The van der Waals surface area contributed by atoms with Crippen LogP contribution in [0.3, 0.4) is 0 Å². The fraction of sp³-hybridized carbons (Fsp3) is 0.452. The Morgan fingerprint density at radius 1 is 1.03 bits per heavy atom. The number of alkyl halides is 1. The van der Waals surface area contributed by atoms with E-state index in [9.17, 15) is 0 Å². The van der Waals surface area contributed by atoms with E-state index in [4.69, 9.17) is 12.2 Å². The third-order valence-electron chi connectivity index (χ3n) is 7.84. The summed E-state index contributed by atoms with van der Waals surface area (Å²) in [5.41, 5.74) is 3.37. The average Bonchev–Trinajstić information content (AvgIpc) is 2.88. The molecule has 2 aromatic carbocycles. The Bertz CT molecular complexity index is 1140. The quantitative estimate of drug-likeness (QED) is 0.203. The molecule has 2 aromatic rings. The molecule has 0 spiro atoms. The van der Waals surface area contributed by atoms with Gasteiger partial charge in [0.15, 0.2) is 11.7 Å². The molecule has 35 heavy (non-hydrogen) atoms. The number of isothiocyanates is 1. The molecule has 0 N–H and O–H groups in total. The van der Waals surface area contributed by atoms with Crippen LogP contribution in [-0.4, -0.2) is 11.3 Å². The minimum absolute atomic E-state index is 0.109. The molecular formula is C31H35F2NS. The van der Waals surface area contributed by atoms with E-state index in [1.54, 1.807) is 6.08 Å². The fourth-order valence-electron chi connectivity index (χ4n) is 5.92. The van der Waals surface area contributed by atoms with Crippen LogP contribution in [0.2, 0.25) is 0 Å². The van der Waals surface area contributed by atoms with E-state index in [1.165, 1.54) is 18.1 Å². The van der Waals surface area contributed by atoms with Gasteiger partial charge in [-0.15, -0.1) is 0 Å². The summed E-state index contributed by atoms with van der Waals surface area (Å²) in [7, 11) is 0. The summed E-state index contributed by atoms with van der Waals surface area (Å²) in [6.07, 6.45) is 10.9. The van der Waals surface area contributed by atoms with Crippen LogP contribution < -0.4 is 0 Å². The molecule has 1 fully saturated rings. The lowest BCUT2D eigenvalue weighted by Gasteiger charge is -2.39. The fourth-order valence-corrected chi connectivity index (χ4v) is 6.06. The lowest BCUT2D eigenvalue weighted by molar-refractivity contribution is 0.202. The molecule has 4 rings (SSSR count). The van der Waals surface area contributed by atoms with Gasteiger partial charge in [0.2, 0.25) is 0 Å². The van der Waals surface area contributed by atoms with E-state index >= 15 is 8.78 Å². The van der Waals surface area contributed by atoms with Crippen molar-refractivity contribution in [3.63, 3.8) is 0 Å². The first-order valence-electron chi connectivity index (χ1n) is 13.0. The van der Waals surface area contributed by atoms with Gasteiger partial charge in [-0.05, 0) is 90.2 Å². The number of unbranched alkanes of at least 4 members (excludes halogenated alkanes) is 2. The first-order chi connectivity index (χ1) is 17.0. The third kappa shape index (κ3) is 4.97. The number of hydrogen-bond donors (Lipinski definition) is 0. The standard InChI is InChI=1S/C31H35F2NS/c1-3-4-7-12-23-17-19-27(29(22(23)2)25-15-10-6-11-16-25)31(34-21-35)28(32)20-18-26(30(31)33)24-13-8-5-9-14-24/h6,10-11,15-20,24,30H,3-5,7-9,12-14H2,1-2H3/t30-,31+/m1/s1. The number of hydrogen-bond acceptors (Lipinski definition) is 2. The molecule has 0 radical (unpaired) electrons. The molecule has 0 heterocycles. The minimum atomic E-state index is -1.85. The van der Waals surface area contributed by atoms with Crippen LogP contribution in [-0.2, 0) is 12.0 Å². The second-order valence-electron chi connectivity index (χ2n) is 9.94. The zero-order valence-corrected chi connectivity index (χ0v) is 21.6. The summed E-state index contributed by atoms with van der Waals surface area (Å²) in [5.74, 6) is -0.505. The Balaban J connectivity index is 1.91. The second kappa shape index (κ2) is 11.5. The van der Waals surface area contributed by atoms with Crippen molar-refractivity contribution in [1.82, 2.24) is 0 Å². The van der Waals surface area contributed by atoms with Gasteiger partial charge in [-0.2, -0.15) is 0 Å². The molecule has 2 atom stereocenters. The maximum atomic E-state index is 16.7. The molecule has 1 saturated carbocycles. The summed E-state index contributed by atoms with van der Waals surface area (Å²) in [6, 6.07) is 13.8. The van der Waals surface area contributed by atoms with Crippen molar-refractivity contribution in [2.45, 2.75) is 83.3 Å². The van der Waals surface area contributed by atoms with E-state index in [0.29, 0.717) is 11.1 Å². The van der Waals surface area contributed by atoms with E-state index in [1.807, 2.05) is 42.5 Å². The molecule has 0 aromatic heterocycles. The summed E-state index contributed by atoms with van der Waals surface area (Å²) in [5, 5.41) is 2.38. The highest BCUT2D eigenvalue weighted by atomic mass is 32.1. The number of aliphatic imine (C=N–C) groups is 1. The van der Waals surface area contributed by atoms with Gasteiger partial charge in [0.25, 0.3) is 0 Å². The van der Waals surface area contributed by atoms with Crippen molar-refractivity contribution < 1.29 is 8.78 Å². The predicted molar refractivity (Wildman–Crippen MR) is 145 cm³/mol. The summed E-state index contributed by atoms with van der Waals surface area (Å²) in [4.78, 5) is 4.33. The van der Waals surface area contributed by atoms with E-state index in [2.05, 4.69) is 24.0 Å². The van der Waals surface area contributed by atoms with Crippen molar-refractivity contribution >= 4 is 17.4 Å². The minimum Gasteiger partial charge on any atom is -0.239 e. The van der Waals surface area contributed by atoms with Gasteiger partial charge in [-0.3, -0.25) is 0 Å². The van der Waals surface area contributed by atoms with Gasteiger partial charge in [-0.25, -0.2) is 13.8 Å². The SMILES string of the molecule is CCCCCc1ccc([C@]2(N=C=S)C(F)=CC=C(C3CCCCC3)[C@H]2F)c(-c2ccccc2)c1C. The lowest BCUT2D eigenvalue weighted by atomic mass is 9.69. The molecular weight excluding hydrogens is 456 g/mol. The highest BCUT2D eigenvalue weighted by Gasteiger charge is 2.51. The van der Waals surface area contributed by atoms with E-state index < -0.39 is 17.5 Å². The number of halogens is 2. The third-order valence-corrected chi connectivity index (χ3v) is 7.94. The first-order valence-corrected chi connectivity index (χ1v) is 13.4. The highest BCUT2D eigenvalue weighted by molar-refractivity contribution is 7.78. The van der Waals surface area contributed by atoms with Crippen molar-refractivity contribution in [2.24, 2.45) is 10.9 Å². The van der Waals surface area contributed by atoms with Crippen molar-refractivity contribution in [3.8, 4) is 11.1 Å².